The van der Waals surface area contributed by atoms with Crippen LogP contribution in [0.25, 0.3) is 6.08 Å². The van der Waals surface area contributed by atoms with Crippen molar-refractivity contribution < 1.29 is 19.4 Å². The zero-order chi connectivity index (χ0) is 15.2. The third kappa shape index (κ3) is 4.94. The van der Waals surface area contributed by atoms with Crippen molar-refractivity contribution in [2.45, 2.75) is 18.9 Å². The molecule has 1 aliphatic heterocycles. The highest BCUT2D eigenvalue weighted by Crippen LogP contribution is 2.22. The van der Waals surface area contributed by atoms with Gasteiger partial charge in [-0.3, -0.25) is 9.59 Å². The summed E-state index contributed by atoms with van der Waals surface area (Å²) < 4.78 is 6.25. The fourth-order valence-electron chi connectivity index (χ4n) is 2.20. The van der Waals surface area contributed by atoms with Gasteiger partial charge in [0, 0.05) is 25.3 Å². The van der Waals surface area contributed by atoms with Crippen molar-refractivity contribution in [2.24, 2.45) is 0 Å². The molecule has 1 aromatic heterocycles. The minimum Gasteiger partial charge on any atom is -0.480 e. The summed E-state index contributed by atoms with van der Waals surface area (Å²) in [6, 6.07) is 1.84. The Morgan fingerprint density at radius 2 is 2.19 bits per heavy atom. The van der Waals surface area contributed by atoms with Gasteiger partial charge < -0.3 is 14.7 Å². The van der Waals surface area contributed by atoms with E-state index in [1.165, 1.54) is 22.3 Å². The third-order valence-corrected chi connectivity index (χ3v) is 4.75. The first-order chi connectivity index (χ1) is 10.1. The van der Waals surface area contributed by atoms with Gasteiger partial charge in [-0.15, -0.1) is 11.3 Å². The van der Waals surface area contributed by atoms with Gasteiger partial charge in [-0.2, -0.15) is 0 Å². The molecule has 21 heavy (non-hydrogen) atoms. The molecule has 2 heterocycles. The van der Waals surface area contributed by atoms with Crippen molar-refractivity contribution in [3.05, 3.63) is 26.9 Å². The molecule has 1 saturated heterocycles. The van der Waals surface area contributed by atoms with E-state index in [9.17, 15) is 9.59 Å². The molecule has 1 aliphatic rings. The van der Waals surface area contributed by atoms with E-state index in [1.807, 2.05) is 11.4 Å². The van der Waals surface area contributed by atoms with Crippen molar-refractivity contribution in [3.63, 3.8) is 0 Å². The van der Waals surface area contributed by atoms with Gasteiger partial charge in [-0.25, -0.2) is 0 Å². The molecule has 0 spiro atoms. The Morgan fingerprint density at radius 3 is 2.76 bits per heavy atom. The van der Waals surface area contributed by atoms with Crippen LogP contribution < -0.4 is 0 Å². The number of hydrogen-bond acceptors (Lipinski definition) is 4. The van der Waals surface area contributed by atoms with Gasteiger partial charge in [0.1, 0.15) is 6.54 Å². The second-order valence-corrected chi connectivity index (χ2v) is 7.01. The fraction of sp³-hybridized carbons (Fsp3) is 0.429. The number of carboxylic acids is 1. The van der Waals surface area contributed by atoms with Crippen LogP contribution in [0.3, 0.4) is 0 Å². The number of thiophene rings is 1. The zero-order valence-electron chi connectivity index (χ0n) is 11.3. The minimum atomic E-state index is -0.999. The van der Waals surface area contributed by atoms with Gasteiger partial charge in [0.2, 0.25) is 5.91 Å². The highest BCUT2D eigenvalue weighted by Gasteiger charge is 2.26. The maximum atomic E-state index is 12.3. The van der Waals surface area contributed by atoms with E-state index in [0.29, 0.717) is 26.1 Å². The van der Waals surface area contributed by atoms with Crippen molar-refractivity contribution in [1.82, 2.24) is 4.90 Å². The average molecular weight is 374 g/mol. The van der Waals surface area contributed by atoms with Crippen LogP contribution in [0.5, 0.6) is 0 Å². The van der Waals surface area contributed by atoms with Crippen LogP contribution in [0.2, 0.25) is 0 Å². The number of carbonyl (C=O) groups excluding carboxylic acids is 1. The summed E-state index contributed by atoms with van der Waals surface area (Å²) >= 11 is 4.89. The van der Waals surface area contributed by atoms with E-state index >= 15 is 0 Å². The summed E-state index contributed by atoms with van der Waals surface area (Å²) in [6.45, 7) is 0.853. The maximum absolute atomic E-state index is 12.3. The molecule has 1 fully saturated rings. The SMILES string of the molecule is O=C(O)CN(C(=O)/C=C/c1csc(Br)c1)C1CCOCC1. The summed E-state index contributed by atoms with van der Waals surface area (Å²) in [4.78, 5) is 24.7. The Balaban J connectivity index is 2.05. The lowest BCUT2D eigenvalue weighted by molar-refractivity contribution is -0.145. The van der Waals surface area contributed by atoms with E-state index < -0.39 is 5.97 Å². The first-order valence-electron chi connectivity index (χ1n) is 6.58. The third-order valence-electron chi connectivity index (χ3n) is 3.23. The molecular formula is C14H16BrNO4S. The molecule has 1 amide bonds. The predicted octanol–water partition coefficient (Wildman–Crippen LogP) is 2.62. The van der Waals surface area contributed by atoms with Crippen molar-refractivity contribution in [1.29, 1.82) is 0 Å². The van der Waals surface area contributed by atoms with E-state index in [1.54, 1.807) is 6.08 Å². The molecule has 114 valence electrons. The molecular weight excluding hydrogens is 358 g/mol. The number of rotatable bonds is 5. The lowest BCUT2D eigenvalue weighted by atomic mass is 10.1. The van der Waals surface area contributed by atoms with E-state index in [2.05, 4.69) is 15.9 Å². The number of hydrogen-bond donors (Lipinski definition) is 1. The zero-order valence-corrected chi connectivity index (χ0v) is 13.7. The van der Waals surface area contributed by atoms with Gasteiger partial charge in [0.25, 0.3) is 0 Å². The topological polar surface area (TPSA) is 66.8 Å². The normalized spacial score (nSPS) is 16.2. The number of amides is 1. The average Bonchev–Trinajstić information content (AvgIpc) is 2.88. The molecule has 7 heteroatoms. The molecule has 0 saturated carbocycles. The van der Waals surface area contributed by atoms with E-state index in [4.69, 9.17) is 9.84 Å². The van der Waals surface area contributed by atoms with Crippen molar-refractivity contribution in [2.75, 3.05) is 19.8 Å². The molecule has 0 radical (unpaired) electrons. The van der Waals surface area contributed by atoms with Gasteiger partial charge in [0.15, 0.2) is 0 Å². The van der Waals surface area contributed by atoms with Crippen LogP contribution >= 0.6 is 27.3 Å². The number of carbonyl (C=O) groups is 2. The molecule has 2 rings (SSSR count). The fourth-order valence-corrected chi connectivity index (χ4v) is 3.35. The van der Waals surface area contributed by atoms with Gasteiger partial charge in [-0.05, 0) is 51.9 Å². The second kappa shape index (κ2) is 7.72. The first kappa shape index (κ1) is 16.2. The van der Waals surface area contributed by atoms with Crippen LogP contribution in [-0.2, 0) is 14.3 Å². The van der Waals surface area contributed by atoms with Gasteiger partial charge in [-0.1, -0.05) is 0 Å². The van der Waals surface area contributed by atoms with Crippen LogP contribution in [-0.4, -0.2) is 47.7 Å². The van der Waals surface area contributed by atoms with Crippen molar-refractivity contribution >= 4 is 45.2 Å². The Morgan fingerprint density at radius 1 is 1.48 bits per heavy atom. The number of ether oxygens (including phenoxy) is 1. The van der Waals surface area contributed by atoms with Gasteiger partial charge >= 0.3 is 5.97 Å². The highest BCUT2D eigenvalue weighted by molar-refractivity contribution is 9.11. The van der Waals surface area contributed by atoms with Crippen LogP contribution in [0, 0.1) is 0 Å². The quantitative estimate of drug-likeness (QED) is 0.805. The Labute approximate surface area is 135 Å². The van der Waals surface area contributed by atoms with Gasteiger partial charge in [0.05, 0.1) is 3.79 Å². The summed E-state index contributed by atoms with van der Waals surface area (Å²) in [5.74, 6) is -1.27. The number of aliphatic carboxylic acids is 1. The Hall–Kier alpha value is -1.18. The van der Waals surface area contributed by atoms with Crippen molar-refractivity contribution in [3.8, 4) is 0 Å². The van der Waals surface area contributed by atoms with Crippen LogP contribution in [0.4, 0.5) is 0 Å². The minimum absolute atomic E-state index is 0.0683. The lowest BCUT2D eigenvalue weighted by Gasteiger charge is -2.32. The maximum Gasteiger partial charge on any atom is 0.323 e. The molecule has 1 N–H and O–H groups in total. The molecule has 0 bridgehead atoms. The number of carboxylic acid groups (broad SMARTS) is 1. The summed E-state index contributed by atoms with van der Waals surface area (Å²) in [6.07, 6.45) is 4.50. The Kier molecular flexibility index (Phi) is 5.96. The summed E-state index contributed by atoms with van der Waals surface area (Å²) in [5, 5.41) is 10.9. The molecule has 0 aromatic carbocycles. The first-order valence-corrected chi connectivity index (χ1v) is 8.26. The number of nitrogens with zero attached hydrogens (tertiary/aromatic N) is 1. The molecule has 0 aliphatic carbocycles. The summed E-state index contributed by atoms with van der Waals surface area (Å²) in [5.41, 5.74) is 0.919. The largest absolute Gasteiger partial charge is 0.480 e. The number of halogens is 1. The monoisotopic (exact) mass is 373 g/mol. The lowest BCUT2D eigenvalue weighted by Crippen LogP contribution is -2.45. The standard InChI is InChI=1S/C14H16BrNO4S/c15-12-7-10(9-21-12)1-2-13(17)16(8-14(18)19)11-3-5-20-6-4-11/h1-2,7,9,11H,3-6,8H2,(H,18,19)/b2-1+. The highest BCUT2D eigenvalue weighted by atomic mass is 79.9. The Bertz CT molecular complexity index is 537. The smallest absolute Gasteiger partial charge is 0.323 e. The molecule has 0 unspecified atom stereocenters. The summed E-state index contributed by atoms with van der Waals surface area (Å²) in [7, 11) is 0. The molecule has 1 aromatic rings. The second-order valence-electron chi connectivity index (χ2n) is 4.72. The van der Waals surface area contributed by atoms with E-state index in [-0.39, 0.29) is 18.5 Å². The van der Waals surface area contributed by atoms with Crippen LogP contribution in [0.15, 0.2) is 21.3 Å². The van der Waals surface area contributed by atoms with Crippen LogP contribution in [0.1, 0.15) is 18.4 Å². The molecule has 0 atom stereocenters. The predicted molar refractivity (Wildman–Crippen MR) is 84.2 cm³/mol. The molecule has 5 nitrogen and oxygen atoms in total. The van der Waals surface area contributed by atoms with E-state index in [0.717, 1.165) is 9.35 Å².